The van der Waals surface area contributed by atoms with Gasteiger partial charge in [0.2, 0.25) is 5.88 Å². The zero-order chi connectivity index (χ0) is 25.6. The summed E-state index contributed by atoms with van der Waals surface area (Å²) in [6.07, 6.45) is 1.24. The largest absolute Gasteiger partial charge is 0.476 e. The van der Waals surface area contributed by atoms with Crippen LogP contribution in [0.1, 0.15) is 26.3 Å². The van der Waals surface area contributed by atoms with E-state index in [0.717, 1.165) is 12.1 Å². The highest BCUT2D eigenvalue weighted by Crippen LogP contribution is 2.52. The van der Waals surface area contributed by atoms with Crippen LogP contribution in [0.4, 0.5) is 13.6 Å². The van der Waals surface area contributed by atoms with Crippen molar-refractivity contribution in [3.8, 4) is 23.4 Å². The molecule has 1 unspecified atom stereocenters. The van der Waals surface area contributed by atoms with Crippen LogP contribution in [0.15, 0.2) is 36.5 Å². The topological polar surface area (TPSA) is 97.6 Å². The third kappa shape index (κ3) is 4.73. The van der Waals surface area contributed by atoms with Crippen molar-refractivity contribution >= 4 is 17.1 Å². The minimum atomic E-state index is -0.871. The molecule has 2 heterocycles. The van der Waals surface area contributed by atoms with Gasteiger partial charge >= 0.3 is 6.09 Å². The van der Waals surface area contributed by atoms with Crippen LogP contribution in [0.3, 0.4) is 0 Å². The highest BCUT2D eigenvalue weighted by molar-refractivity contribution is 5.76. The quantitative estimate of drug-likeness (QED) is 0.489. The first-order valence-corrected chi connectivity index (χ1v) is 11.6. The number of ether oxygens (including phenoxy) is 3. The summed E-state index contributed by atoms with van der Waals surface area (Å²) in [7, 11) is 0. The molecule has 1 aliphatic heterocycles. The van der Waals surface area contributed by atoms with Crippen molar-refractivity contribution in [1.29, 1.82) is 5.26 Å². The van der Waals surface area contributed by atoms with E-state index in [-0.39, 0.29) is 11.8 Å². The maximum atomic E-state index is 14.2. The Morgan fingerprint density at radius 1 is 1.14 bits per heavy atom. The molecule has 3 atom stereocenters. The minimum absolute atomic E-state index is 0.175. The number of rotatable bonds is 5. The Bertz CT molecular complexity index is 1370. The second-order valence-electron chi connectivity index (χ2n) is 9.99. The average Bonchev–Trinajstić information content (AvgIpc) is 3.26. The van der Waals surface area contributed by atoms with E-state index in [9.17, 15) is 13.6 Å². The molecular formula is C26H24F2N4O4. The number of hydrogen-bond donors (Lipinski definition) is 0. The molecule has 2 aromatic carbocycles. The maximum absolute atomic E-state index is 14.2. The van der Waals surface area contributed by atoms with Gasteiger partial charge in [-0.2, -0.15) is 5.26 Å². The number of carbonyl (C=O) groups is 1. The molecule has 0 spiro atoms. The first kappa shape index (κ1) is 23.7. The number of nitriles is 1. The summed E-state index contributed by atoms with van der Waals surface area (Å²) in [5.41, 5.74) is -0.0349. The number of hydrogen-bond acceptors (Lipinski definition) is 7. The van der Waals surface area contributed by atoms with Gasteiger partial charge in [-0.05, 0) is 56.9 Å². The number of likely N-dealkylation sites (tertiary alicyclic amines) is 1. The molecular weight excluding hydrogens is 470 g/mol. The zero-order valence-corrected chi connectivity index (χ0v) is 20.0. The van der Waals surface area contributed by atoms with E-state index in [0.29, 0.717) is 54.4 Å². The third-order valence-electron chi connectivity index (χ3n) is 6.33. The Balaban J connectivity index is 1.22. The number of piperidine rings is 1. The molecule has 0 N–H and O–H groups in total. The summed E-state index contributed by atoms with van der Waals surface area (Å²) >= 11 is 0. The Morgan fingerprint density at radius 3 is 2.56 bits per heavy atom. The Labute approximate surface area is 206 Å². The number of carbonyl (C=O) groups excluding carboxylic acids is 1. The van der Waals surface area contributed by atoms with E-state index >= 15 is 0 Å². The SMILES string of the molecule is CC(C)(C)OC(=O)N1C[C@@H]2C(COc3cnc4ccc(Oc5c(F)ccc(F)c5C#N)cc4n3)[C@@H]2C1. The number of fused-ring (bicyclic) bond motifs is 2. The molecule has 1 aromatic heterocycles. The van der Waals surface area contributed by atoms with Gasteiger partial charge < -0.3 is 19.1 Å². The van der Waals surface area contributed by atoms with Crippen LogP contribution in [-0.2, 0) is 4.74 Å². The molecule has 186 valence electrons. The molecule has 10 heteroatoms. The number of nitrogens with zero attached hydrogens (tertiary/aromatic N) is 4. The van der Waals surface area contributed by atoms with Crippen molar-refractivity contribution in [3.05, 3.63) is 53.7 Å². The van der Waals surface area contributed by atoms with Crippen molar-refractivity contribution in [2.75, 3.05) is 19.7 Å². The summed E-state index contributed by atoms with van der Waals surface area (Å²) < 4.78 is 44.9. The van der Waals surface area contributed by atoms with Crippen LogP contribution in [0.5, 0.6) is 17.4 Å². The molecule has 1 saturated carbocycles. The number of amides is 1. The van der Waals surface area contributed by atoms with Gasteiger partial charge in [-0.15, -0.1) is 0 Å². The average molecular weight is 494 g/mol. The van der Waals surface area contributed by atoms with Gasteiger partial charge in [-0.1, -0.05) is 0 Å². The normalized spacial score (nSPS) is 20.6. The Kier molecular flexibility index (Phi) is 5.86. The van der Waals surface area contributed by atoms with Gasteiger partial charge in [0.05, 0.1) is 23.8 Å². The highest BCUT2D eigenvalue weighted by atomic mass is 19.1. The second kappa shape index (κ2) is 8.90. The first-order chi connectivity index (χ1) is 17.1. The van der Waals surface area contributed by atoms with E-state index < -0.39 is 28.5 Å². The number of aromatic nitrogens is 2. The fraction of sp³-hybridized carbons (Fsp3) is 0.385. The van der Waals surface area contributed by atoms with Crippen molar-refractivity contribution in [2.45, 2.75) is 26.4 Å². The minimum Gasteiger partial charge on any atom is -0.476 e. The monoisotopic (exact) mass is 494 g/mol. The van der Waals surface area contributed by atoms with Crippen LogP contribution in [0.2, 0.25) is 0 Å². The molecule has 1 amide bonds. The van der Waals surface area contributed by atoms with Gasteiger partial charge in [0.15, 0.2) is 11.6 Å². The summed E-state index contributed by atoms with van der Waals surface area (Å²) in [6.45, 7) is 7.30. The van der Waals surface area contributed by atoms with E-state index in [1.807, 2.05) is 20.8 Å². The smallest absolute Gasteiger partial charge is 0.410 e. The number of benzene rings is 2. The second-order valence-corrected chi connectivity index (χ2v) is 9.99. The van der Waals surface area contributed by atoms with Crippen molar-refractivity contribution in [3.63, 3.8) is 0 Å². The lowest BCUT2D eigenvalue weighted by Crippen LogP contribution is -2.37. The summed E-state index contributed by atoms with van der Waals surface area (Å²) in [6, 6.07) is 8.08. The number of halogens is 2. The molecule has 1 saturated heterocycles. The van der Waals surface area contributed by atoms with Gasteiger partial charge in [0.1, 0.15) is 28.8 Å². The molecule has 0 bridgehead atoms. The van der Waals surface area contributed by atoms with E-state index in [1.54, 1.807) is 17.0 Å². The van der Waals surface area contributed by atoms with Crippen LogP contribution in [0.25, 0.3) is 11.0 Å². The fourth-order valence-electron chi connectivity index (χ4n) is 4.52. The molecule has 2 fully saturated rings. The van der Waals surface area contributed by atoms with Crippen LogP contribution in [-0.4, -0.2) is 46.3 Å². The molecule has 1 aliphatic carbocycles. The van der Waals surface area contributed by atoms with E-state index in [2.05, 4.69) is 9.97 Å². The fourth-order valence-corrected chi connectivity index (χ4v) is 4.52. The predicted molar refractivity (Wildman–Crippen MR) is 124 cm³/mol. The Hall–Kier alpha value is -4.00. The van der Waals surface area contributed by atoms with Gasteiger partial charge in [-0.3, -0.25) is 0 Å². The molecule has 0 radical (unpaired) electrons. The lowest BCUT2D eigenvalue weighted by Gasteiger charge is -2.25. The molecule has 36 heavy (non-hydrogen) atoms. The van der Waals surface area contributed by atoms with Crippen LogP contribution in [0, 0.1) is 40.7 Å². The Morgan fingerprint density at radius 2 is 1.86 bits per heavy atom. The molecule has 5 rings (SSSR count). The standard InChI is InChI=1S/C26H24F2N4O4/c1-26(2,3)36-25(33)32-11-16-17(12-32)18(16)13-34-23-10-30-21-7-4-14(8-22(21)31-23)35-24-15(9-29)19(27)5-6-20(24)28/h4-8,10,16-18H,11-13H2,1-3H3/t16-,17+,18?. The maximum Gasteiger partial charge on any atom is 0.410 e. The van der Waals surface area contributed by atoms with Crippen molar-refractivity contribution in [1.82, 2.24) is 14.9 Å². The van der Waals surface area contributed by atoms with Crippen LogP contribution >= 0.6 is 0 Å². The van der Waals surface area contributed by atoms with Crippen molar-refractivity contribution < 1.29 is 27.8 Å². The first-order valence-electron chi connectivity index (χ1n) is 11.6. The van der Waals surface area contributed by atoms with Gasteiger partial charge in [-0.25, -0.2) is 23.5 Å². The summed E-state index contributed by atoms with van der Waals surface area (Å²) in [5, 5.41) is 9.16. The van der Waals surface area contributed by atoms with Crippen LogP contribution < -0.4 is 9.47 Å². The van der Waals surface area contributed by atoms with Crippen molar-refractivity contribution in [2.24, 2.45) is 17.8 Å². The summed E-state index contributed by atoms with van der Waals surface area (Å²) in [4.78, 5) is 22.8. The van der Waals surface area contributed by atoms with E-state index in [4.69, 9.17) is 19.5 Å². The van der Waals surface area contributed by atoms with Gasteiger partial charge in [0, 0.05) is 25.1 Å². The lowest BCUT2D eigenvalue weighted by atomic mass is 10.2. The molecule has 3 aromatic rings. The third-order valence-corrected chi connectivity index (χ3v) is 6.33. The summed E-state index contributed by atoms with van der Waals surface area (Å²) in [5.74, 6) is -0.630. The predicted octanol–water partition coefficient (Wildman–Crippen LogP) is 5.06. The van der Waals surface area contributed by atoms with E-state index in [1.165, 1.54) is 18.3 Å². The highest BCUT2D eigenvalue weighted by Gasteiger charge is 2.57. The molecule has 8 nitrogen and oxygen atoms in total. The molecule has 2 aliphatic rings. The zero-order valence-electron chi connectivity index (χ0n) is 20.0. The van der Waals surface area contributed by atoms with Gasteiger partial charge in [0.25, 0.3) is 0 Å². The lowest BCUT2D eigenvalue weighted by molar-refractivity contribution is 0.0260.